The van der Waals surface area contributed by atoms with Gasteiger partial charge in [0, 0.05) is 42.5 Å². The number of hydrogen-bond donors (Lipinski definition) is 1. The van der Waals surface area contributed by atoms with E-state index in [0.717, 1.165) is 17.0 Å². The van der Waals surface area contributed by atoms with Gasteiger partial charge in [-0.3, -0.25) is 14.7 Å². The highest BCUT2D eigenvalue weighted by Crippen LogP contribution is 2.59. The average molecular weight is 321 g/mol. The summed E-state index contributed by atoms with van der Waals surface area (Å²) in [6, 6.07) is 11.2. The summed E-state index contributed by atoms with van der Waals surface area (Å²) in [6.07, 6.45) is 4.59. The van der Waals surface area contributed by atoms with Gasteiger partial charge in [0.15, 0.2) is 0 Å². The van der Waals surface area contributed by atoms with Crippen molar-refractivity contribution in [3.05, 3.63) is 53.9 Å². The van der Waals surface area contributed by atoms with Crippen molar-refractivity contribution in [3.8, 4) is 11.1 Å². The van der Waals surface area contributed by atoms with Gasteiger partial charge in [-0.25, -0.2) is 0 Å². The molecular formula is C20H23N3O. The molecule has 0 unspecified atom stereocenters. The van der Waals surface area contributed by atoms with E-state index in [4.69, 9.17) is 5.73 Å². The van der Waals surface area contributed by atoms with Gasteiger partial charge in [0.2, 0.25) is 5.91 Å². The first kappa shape index (κ1) is 15.3. The van der Waals surface area contributed by atoms with E-state index >= 15 is 0 Å². The highest BCUT2D eigenvalue weighted by molar-refractivity contribution is 5.93. The summed E-state index contributed by atoms with van der Waals surface area (Å²) >= 11 is 0. The zero-order chi connectivity index (χ0) is 16.9. The second-order valence-corrected chi connectivity index (χ2v) is 7.48. The van der Waals surface area contributed by atoms with Crippen LogP contribution in [0.3, 0.4) is 0 Å². The summed E-state index contributed by atoms with van der Waals surface area (Å²) in [6.45, 7) is 6.96. The van der Waals surface area contributed by atoms with Crippen LogP contribution in [0.15, 0.2) is 42.7 Å². The number of carbonyl (C=O) groups excluding carboxylic acids is 1. The van der Waals surface area contributed by atoms with Gasteiger partial charge in [0.25, 0.3) is 0 Å². The molecule has 2 N–H and O–H groups in total. The molecule has 1 saturated carbocycles. The van der Waals surface area contributed by atoms with Gasteiger partial charge in [-0.1, -0.05) is 24.3 Å². The van der Waals surface area contributed by atoms with Crippen molar-refractivity contribution < 1.29 is 4.79 Å². The van der Waals surface area contributed by atoms with Crippen LogP contribution in [0.2, 0.25) is 0 Å². The number of nitrogens with two attached hydrogens (primary N) is 1. The minimum Gasteiger partial charge on any atom is -0.366 e. The van der Waals surface area contributed by atoms with E-state index in [2.05, 4.69) is 48.0 Å². The molecule has 2 heterocycles. The summed E-state index contributed by atoms with van der Waals surface area (Å²) in [5.41, 5.74) is 9.60. The fraction of sp³-hybridized carbons (Fsp3) is 0.400. The molecule has 0 radical (unpaired) electrons. The molecular weight excluding hydrogens is 298 g/mol. The van der Waals surface area contributed by atoms with E-state index in [0.29, 0.717) is 17.0 Å². The maximum atomic E-state index is 11.3. The Labute approximate surface area is 142 Å². The van der Waals surface area contributed by atoms with Crippen molar-refractivity contribution in [2.75, 3.05) is 13.1 Å². The lowest BCUT2D eigenvalue weighted by molar-refractivity contribution is 0.1000. The lowest BCUT2D eigenvalue weighted by Crippen LogP contribution is -2.32. The molecule has 2 aliphatic rings. The molecule has 1 aliphatic carbocycles. The first-order chi connectivity index (χ1) is 11.5. The summed E-state index contributed by atoms with van der Waals surface area (Å²) in [5.74, 6) is 0.367. The van der Waals surface area contributed by atoms with Gasteiger partial charge in [0.1, 0.15) is 0 Å². The topological polar surface area (TPSA) is 59.2 Å². The number of aromatic nitrogens is 1. The molecule has 0 bridgehead atoms. The standard InChI is InChI=1S/C20H23N3O/c1-13(2)23-11-18-8-20(18,12-23)17-5-3-14(4-6-17)15-7-16(19(21)24)10-22-9-15/h3-7,9-10,13,18H,8,11-12H2,1-2H3,(H2,21,24)/t18-,20+/m1/s1. The number of piperidine rings is 1. The number of benzene rings is 1. The van der Waals surface area contributed by atoms with Crippen LogP contribution in [0.1, 0.15) is 36.2 Å². The van der Waals surface area contributed by atoms with Gasteiger partial charge in [-0.2, -0.15) is 0 Å². The number of likely N-dealkylation sites (tertiary alicyclic amines) is 1. The molecule has 2 aromatic rings. The number of hydrogen-bond acceptors (Lipinski definition) is 3. The molecule has 4 heteroatoms. The van der Waals surface area contributed by atoms with Crippen LogP contribution < -0.4 is 5.73 Å². The van der Waals surface area contributed by atoms with Crippen molar-refractivity contribution >= 4 is 5.91 Å². The predicted molar refractivity (Wildman–Crippen MR) is 94.7 cm³/mol. The van der Waals surface area contributed by atoms with Crippen LogP contribution >= 0.6 is 0 Å². The molecule has 24 heavy (non-hydrogen) atoms. The van der Waals surface area contributed by atoms with Crippen LogP contribution in [0.4, 0.5) is 0 Å². The van der Waals surface area contributed by atoms with E-state index in [1.807, 2.05) is 0 Å². The molecule has 1 aromatic heterocycles. The quantitative estimate of drug-likeness (QED) is 0.942. The summed E-state index contributed by atoms with van der Waals surface area (Å²) in [4.78, 5) is 18.0. The molecule has 2 atom stereocenters. The monoisotopic (exact) mass is 321 g/mol. The van der Waals surface area contributed by atoms with Crippen LogP contribution in [-0.4, -0.2) is 34.9 Å². The normalized spacial score (nSPS) is 25.7. The first-order valence-corrected chi connectivity index (χ1v) is 8.59. The number of rotatable bonds is 4. The van der Waals surface area contributed by atoms with E-state index in [9.17, 15) is 4.79 Å². The smallest absolute Gasteiger partial charge is 0.250 e. The molecule has 4 nitrogen and oxygen atoms in total. The van der Waals surface area contributed by atoms with Crippen LogP contribution in [0.5, 0.6) is 0 Å². The van der Waals surface area contributed by atoms with Crippen molar-refractivity contribution in [1.82, 2.24) is 9.88 Å². The maximum absolute atomic E-state index is 11.3. The zero-order valence-corrected chi connectivity index (χ0v) is 14.2. The zero-order valence-electron chi connectivity index (χ0n) is 14.2. The molecule has 1 aliphatic heterocycles. The van der Waals surface area contributed by atoms with Crippen LogP contribution in [-0.2, 0) is 5.41 Å². The fourth-order valence-corrected chi connectivity index (χ4v) is 4.09. The minimum atomic E-state index is -0.444. The Kier molecular flexibility index (Phi) is 3.46. The van der Waals surface area contributed by atoms with Gasteiger partial charge in [0.05, 0.1) is 5.56 Å². The van der Waals surface area contributed by atoms with E-state index in [1.54, 1.807) is 12.3 Å². The summed E-state index contributed by atoms with van der Waals surface area (Å²) in [7, 11) is 0. The Morgan fingerprint density at radius 3 is 2.62 bits per heavy atom. The molecule has 1 saturated heterocycles. The lowest BCUT2D eigenvalue weighted by Gasteiger charge is -2.24. The highest BCUT2D eigenvalue weighted by atomic mass is 16.1. The second-order valence-electron chi connectivity index (χ2n) is 7.48. The van der Waals surface area contributed by atoms with Crippen molar-refractivity contribution in [1.29, 1.82) is 0 Å². The van der Waals surface area contributed by atoms with Crippen LogP contribution in [0.25, 0.3) is 11.1 Å². The third-order valence-corrected chi connectivity index (χ3v) is 5.72. The first-order valence-electron chi connectivity index (χ1n) is 8.59. The molecule has 0 spiro atoms. The molecule has 124 valence electrons. The number of amides is 1. The summed E-state index contributed by atoms with van der Waals surface area (Å²) < 4.78 is 0. The van der Waals surface area contributed by atoms with Crippen molar-refractivity contribution in [2.45, 2.75) is 31.7 Å². The van der Waals surface area contributed by atoms with E-state index in [-0.39, 0.29) is 0 Å². The Morgan fingerprint density at radius 1 is 1.25 bits per heavy atom. The number of nitrogens with zero attached hydrogens (tertiary/aromatic N) is 2. The minimum absolute atomic E-state index is 0.371. The maximum Gasteiger partial charge on any atom is 0.250 e. The van der Waals surface area contributed by atoms with Crippen molar-refractivity contribution in [2.24, 2.45) is 11.7 Å². The molecule has 1 amide bonds. The second kappa shape index (κ2) is 5.42. The third-order valence-electron chi connectivity index (χ3n) is 5.72. The lowest BCUT2D eigenvalue weighted by atomic mass is 9.93. The van der Waals surface area contributed by atoms with Gasteiger partial charge < -0.3 is 5.73 Å². The number of primary amides is 1. The van der Waals surface area contributed by atoms with Gasteiger partial charge >= 0.3 is 0 Å². The van der Waals surface area contributed by atoms with E-state index in [1.165, 1.54) is 31.3 Å². The Hall–Kier alpha value is -2.20. The fourth-order valence-electron chi connectivity index (χ4n) is 4.09. The van der Waals surface area contributed by atoms with Gasteiger partial charge in [-0.15, -0.1) is 0 Å². The SMILES string of the molecule is CC(C)N1C[C@H]2C[C@@]2(c2ccc(-c3cncc(C(N)=O)c3)cc2)C1. The van der Waals surface area contributed by atoms with Gasteiger partial charge in [-0.05, 0) is 43.4 Å². The summed E-state index contributed by atoms with van der Waals surface area (Å²) in [5, 5.41) is 0. The largest absolute Gasteiger partial charge is 0.366 e. The average Bonchev–Trinajstić information content (AvgIpc) is 3.16. The molecule has 2 fully saturated rings. The third kappa shape index (κ3) is 2.42. The Morgan fingerprint density at radius 2 is 2.00 bits per heavy atom. The predicted octanol–water partition coefficient (Wildman–Crippen LogP) is 2.83. The number of fused-ring (bicyclic) bond motifs is 1. The number of carbonyl (C=O) groups is 1. The highest BCUT2D eigenvalue weighted by Gasteiger charge is 2.60. The van der Waals surface area contributed by atoms with Crippen molar-refractivity contribution in [3.63, 3.8) is 0 Å². The molecule has 1 aromatic carbocycles. The number of pyridine rings is 1. The Bertz CT molecular complexity index is 784. The molecule has 4 rings (SSSR count). The van der Waals surface area contributed by atoms with Crippen LogP contribution in [0, 0.1) is 5.92 Å². The van der Waals surface area contributed by atoms with E-state index < -0.39 is 5.91 Å². The Balaban J connectivity index is 1.58.